The monoisotopic (exact) mass is 263 g/mol. The molecule has 3 nitrogen and oxygen atoms in total. The normalized spacial score (nSPS) is 17.4. The Morgan fingerprint density at radius 2 is 1.79 bits per heavy atom. The third kappa shape index (κ3) is 3.63. The van der Waals surface area contributed by atoms with E-state index in [1.165, 1.54) is 31.2 Å². The van der Waals surface area contributed by atoms with E-state index in [2.05, 4.69) is 18.3 Å². The first-order chi connectivity index (χ1) is 9.17. The second-order valence-corrected chi connectivity index (χ2v) is 5.81. The van der Waals surface area contributed by atoms with E-state index in [4.69, 9.17) is 9.47 Å². The van der Waals surface area contributed by atoms with Crippen LogP contribution in [0.15, 0.2) is 18.2 Å². The van der Waals surface area contributed by atoms with Crippen molar-refractivity contribution < 1.29 is 9.47 Å². The van der Waals surface area contributed by atoms with Crippen molar-refractivity contribution in [3.05, 3.63) is 23.8 Å². The summed E-state index contributed by atoms with van der Waals surface area (Å²) in [6, 6.07) is 6.10. The lowest BCUT2D eigenvalue weighted by atomic mass is 9.89. The van der Waals surface area contributed by atoms with E-state index in [9.17, 15) is 0 Å². The molecule has 0 bridgehead atoms. The molecule has 3 heteroatoms. The van der Waals surface area contributed by atoms with Gasteiger partial charge in [0.25, 0.3) is 0 Å². The van der Waals surface area contributed by atoms with Crippen LogP contribution in [0.5, 0.6) is 11.5 Å². The topological polar surface area (TPSA) is 30.5 Å². The molecule has 1 aliphatic carbocycles. The number of rotatable bonds is 6. The van der Waals surface area contributed by atoms with Crippen molar-refractivity contribution in [1.29, 1.82) is 0 Å². The Morgan fingerprint density at radius 1 is 1.11 bits per heavy atom. The van der Waals surface area contributed by atoms with E-state index < -0.39 is 0 Å². The third-order valence-corrected chi connectivity index (χ3v) is 4.14. The molecule has 1 N–H and O–H groups in total. The molecular weight excluding hydrogens is 238 g/mol. The lowest BCUT2D eigenvalue weighted by Crippen LogP contribution is -2.29. The average molecular weight is 263 g/mol. The molecule has 1 aliphatic rings. The predicted molar refractivity (Wildman–Crippen MR) is 77.8 cm³/mol. The summed E-state index contributed by atoms with van der Waals surface area (Å²) >= 11 is 0. The van der Waals surface area contributed by atoms with Crippen LogP contribution in [0, 0.1) is 5.41 Å². The van der Waals surface area contributed by atoms with Crippen LogP contribution in [-0.4, -0.2) is 20.8 Å². The SMILES string of the molecule is COc1ccc(CNCC2(C)CCCC2)cc1OC. The van der Waals surface area contributed by atoms with Crippen molar-refractivity contribution in [2.75, 3.05) is 20.8 Å². The minimum Gasteiger partial charge on any atom is -0.493 e. The van der Waals surface area contributed by atoms with E-state index in [0.29, 0.717) is 5.41 Å². The zero-order chi connectivity index (χ0) is 13.7. The maximum atomic E-state index is 5.32. The van der Waals surface area contributed by atoms with Crippen molar-refractivity contribution in [1.82, 2.24) is 5.32 Å². The van der Waals surface area contributed by atoms with Gasteiger partial charge in [0.1, 0.15) is 0 Å². The van der Waals surface area contributed by atoms with E-state index >= 15 is 0 Å². The summed E-state index contributed by atoms with van der Waals surface area (Å²) in [5, 5.41) is 3.58. The zero-order valence-electron chi connectivity index (χ0n) is 12.3. The molecule has 0 saturated heterocycles. The van der Waals surface area contributed by atoms with Gasteiger partial charge in [-0.15, -0.1) is 0 Å². The van der Waals surface area contributed by atoms with Crippen molar-refractivity contribution >= 4 is 0 Å². The summed E-state index contributed by atoms with van der Waals surface area (Å²) in [6.45, 7) is 4.37. The van der Waals surface area contributed by atoms with Crippen LogP contribution in [0.3, 0.4) is 0 Å². The second-order valence-electron chi connectivity index (χ2n) is 5.81. The van der Waals surface area contributed by atoms with Crippen LogP contribution in [0.2, 0.25) is 0 Å². The Morgan fingerprint density at radius 3 is 2.42 bits per heavy atom. The number of nitrogens with one attached hydrogen (secondary N) is 1. The quantitative estimate of drug-likeness (QED) is 0.853. The Kier molecular flexibility index (Phi) is 4.70. The van der Waals surface area contributed by atoms with Gasteiger partial charge in [-0.3, -0.25) is 0 Å². The summed E-state index contributed by atoms with van der Waals surface area (Å²) < 4.78 is 10.6. The molecule has 106 valence electrons. The Hall–Kier alpha value is -1.22. The maximum Gasteiger partial charge on any atom is 0.161 e. The minimum absolute atomic E-state index is 0.497. The molecule has 19 heavy (non-hydrogen) atoms. The van der Waals surface area contributed by atoms with Gasteiger partial charge in [0, 0.05) is 13.1 Å². The van der Waals surface area contributed by atoms with Crippen LogP contribution < -0.4 is 14.8 Å². The van der Waals surface area contributed by atoms with E-state index in [-0.39, 0.29) is 0 Å². The molecule has 0 aliphatic heterocycles. The van der Waals surface area contributed by atoms with E-state index in [0.717, 1.165) is 24.6 Å². The van der Waals surface area contributed by atoms with Gasteiger partial charge in [0.15, 0.2) is 11.5 Å². The van der Waals surface area contributed by atoms with Crippen LogP contribution >= 0.6 is 0 Å². The summed E-state index contributed by atoms with van der Waals surface area (Å²) in [6.07, 6.45) is 5.47. The van der Waals surface area contributed by atoms with Gasteiger partial charge < -0.3 is 14.8 Å². The fraction of sp³-hybridized carbons (Fsp3) is 0.625. The van der Waals surface area contributed by atoms with Crippen molar-refractivity contribution in [2.45, 2.75) is 39.2 Å². The van der Waals surface area contributed by atoms with Crippen molar-refractivity contribution in [3.63, 3.8) is 0 Å². The number of methoxy groups -OCH3 is 2. The number of benzene rings is 1. The van der Waals surface area contributed by atoms with Crippen molar-refractivity contribution in [3.8, 4) is 11.5 Å². The first kappa shape index (κ1) is 14.2. The van der Waals surface area contributed by atoms with E-state index in [1.807, 2.05) is 12.1 Å². The summed E-state index contributed by atoms with van der Waals surface area (Å²) in [5.41, 5.74) is 1.73. The molecule has 1 fully saturated rings. The summed E-state index contributed by atoms with van der Waals surface area (Å²) in [4.78, 5) is 0. The predicted octanol–water partition coefficient (Wildman–Crippen LogP) is 3.37. The van der Waals surface area contributed by atoms with Gasteiger partial charge in [-0.05, 0) is 36.0 Å². The molecule has 0 aromatic heterocycles. The smallest absolute Gasteiger partial charge is 0.161 e. The average Bonchev–Trinajstić information content (AvgIpc) is 2.85. The second kappa shape index (κ2) is 6.29. The van der Waals surface area contributed by atoms with Gasteiger partial charge in [-0.1, -0.05) is 25.8 Å². The third-order valence-electron chi connectivity index (χ3n) is 4.14. The standard InChI is InChI=1S/C16H25NO2/c1-16(8-4-5-9-16)12-17-11-13-6-7-14(18-2)15(10-13)19-3/h6-7,10,17H,4-5,8-9,11-12H2,1-3H3. The van der Waals surface area contributed by atoms with Crippen LogP contribution in [-0.2, 0) is 6.54 Å². The molecule has 0 radical (unpaired) electrons. The summed E-state index contributed by atoms with van der Waals surface area (Å²) in [5.74, 6) is 1.59. The molecule has 1 saturated carbocycles. The lowest BCUT2D eigenvalue weighted by molar-refractivity contribution is 0.314. The molecular formula is C16H25NO2. The molecule has 0 atom stereocenters. The Balaban J connectivity index is 1.89. The Bertz CT molecular complexity index is 411. The van der Waals surface area contributed by atoms with Crippen LogP contribution in [0.25, 0.3) is 0 Å². The van der Waals surface area contributed by atoms with Crippen molar-refractivity contribution in [2.24, 2.45) is 5.41 Å². The van der Waals surface area contributed by atoms with Gasteiger partial charge in [0.2, 0.25) is 0 Å². The first-order valence-corrected chi connectivity index (χ1v) is 7.08. The molecule has 1 aromatic carbocycles. The van der Waals surface area contributed by atoms with Gasteiger partial charge >= 0.3 is 0 Å². The molecule has 0 unspecified atom stereocenters. The molecule has 0 heterocycles. The summed E-state index contributed by atoms with van der Waals surface area (Å²) in [7, 11) is 3.34. The first-order valence-electron chi connectivity index (χ1n) is 7.08. The van der Waals surface area contributed by atoms with Gasteiger partial charge in [-0.25, -0.2) is 0 Å². The highest BCUT2D eigenvalue weighted by Crippen LogP contribution is 2.36. The van der Waals surface area contributed by atoms with Crippen LogP contribution in [0.1, 0.15) is 38.2 Å². The molecule has 0 amide bonds. The molecule has 2 rings (SSSR count). The maximum absolute atomic E-state index is 5.32. The fourth-order valence-electron chi connectivity index (χ4n) is 2.90. The zero-order valence-corrected chi connectivity index (χ0v) is 12.3. The number of ether oxygens (including phenoxy) is 2. The molecule has 1 aromatic rings. The highest BCUT2D eigenvalue weighted by Gasteiger charge is 2.27. The highest BCUT2D eigenvalue weighted by atomic mass is 16.5. The largest absolute Gasteiger partial charge is 0.493 e. The van der Waals surface area contributed by atoms with E-state index in [1.54, 1.807) is 14.2 Å². The minimum atomic E-state index is 0.497. The number of hydrogen-bond donors (Lipinski definition) is 1. The van der Waals surface area contributed by atoms with Gasteiger partial charge in [-0.2, -0.15) is 0 Å². The molecule has 0 spiro atoms. The van der Waals surface area contributed by atoms with Gasteiger partial charge in [0.05, 0.1) is 14.2 Å². The highest BCUT2D eigenvalue weighted by molar-refractivity contribution is 5.42. The Labute approximate surface area is 116 Å². The fourth-order valence-corrected chi connectivity index (χ4v) is 2.90. The lowest BCUT2D eigenvalue weighted by Gasteiger charge is -2.23. The van der Waals surface area contributed by atoms with Crippen LogP contribution in [0.4, 0.5) is 0 Å². The number of hydrogen-bond acceptors (Lipinski definition) is 3.